The van der Waals surface area contributed by atoms with E-state index in [4.69, 9.17) is 11.6 Å². The highest BCUT2D eigenvalue weighted by Gasteiger charge is 2.58. The van der Waals surface area contributed by atoms with Gasteiger partial charge in [-0.3, -0.25) is 9.59 Å². The molecule has 4 aliphatic carbocycles. The number of carbonyl (C=O) groups excluding carboxylic acids is 2. The van der Waals surface area contributed by atoms with Gasteiger partial charge in [-0.25, -0.2) is 8.42 Å². The molecule has 1 aromatic rings. The van der Waals surface area contributed by atoms with Crippen molar-refractivity contribution in [2.45, 2.75) is 62.8 Å². The first-order valence-electron chi connectivity index (χ1n) is 11.0. The van der Waals surface area contributed by atoms with Gasteiger partial charge in [-0.15, -0.1) is 0 Å². The van der Waals surface area contributed by atoms with Crippen LogP contribution in [0, 0.1) is 29.1 Å². The molecule has 2 N–H and O–H groups in total. The normalized spacial score (nSPS) is 32.1. The van der Waals surface area contributed by atoms with Gasteiger partial charge in [0.1, 0.15) is 4.90 Å². The highest BCUT2D eigenvalue weighted by Crippen LogP contribution is 2.63. The fourth-order valence-electron chi connectivity index (χ4n) is 6.59. The van der Waals surface area contributed by atoms with Crippen molar-refractivity contribution in [2.24, 2.45) is 29.1 Å². The number of carbonyl (C=O) groups is 2. The molecule has 0 saturated heterocycles. The molecule has 1 amide bonds. The van der Waals surface area contributed by atoms with Crippen LogP contribution in [0.2, 0.25) is 5.02 Å². The summed E-state index contributed by atoms with van der Waals surface area (Å²) in [4.78, 5) is 25.9. The number of halogens is 1. The molecule has 170 valence electrons. The fourth-order valence-corrected chi connectivity index (χ4v) is 8.50. The third kappa shape index (κ3) is 4.05. The zero-order valence-corrected chi connectivity index (χ0v) is 19.9. The van der Waals surface area contributed by atoms with Crippen LogP contribution in [0.1, 0.15) is 52.4 Å². The molecule has 8 heteroatoms. The summed E-state index contributed by atoms with van der Waals surface area (Å²) in [6.45, 7) is 3.23. The maximum Gasteiger partial charge on any atom is 0.242 e. The Bertz CT molecular complexity index is 991. The number of hydrogen-bond acceptors (Lipinski definition) is 4. The summed E-state index contributed by atoms with van der Waals surface area (Å²) in [5.74, 6) is 1.50. The van der Waals surface area contributed by atoms with E-state index in [2.05, 4.69) is 10.0 Å². The van der Waals surface area contributed by atoms with E-state index in [0.717, 1.165) is 32.1 Å². The zero-order chi connectivity index (χ0) is 22.6. The third-order valence-electron chi connectivity index (χ3n) is 7.81. The lowest BCUT2D eigenvalue weighted by Crippen LogP contribution is -2.57. The summed E-state index contributed by atoms with van der Waals surface area (Å²) >= 11 is 6.07. The Morgan fingerprint density at radius 2 is 1.74 bits per heavy atom. The van der Waals surface area contributed by atoms with E-state index < -0.39 is 15.6 Å². The van der Waals surface area contributed by atoms with Gasteiger partial charge in [0.05, 0.1) is 10.6 Å². The molecule has 0 heterocycles. The number of benzene rings is 1. The van der Waals surface area contributed by atoms with Gasteiger partial charge in [0, 0.05) is 18.9 Å². The lowest BCUT2D eigenvalue weighted by molar-refractivity contribution is -0.154. The van der Waals surface area contributed by atoms with Crippen LogP contribution in [0.5, 0.6) is 0 Å². The van der Waals surface area contributed by atoms with Crippen LogP contribution >= 0.6 is 11.6 Å². The van der Waals surface area contributed by atoms with Crippen LogP contribution in [0.4, 0.5) is 0 Å². The van der Waals surface area contributed by atoms with Crippen molar-refractivity contribution in [2.75, 3.05) is 7.05 Å². The van der Waals surface area contributed by atoms with Crippen LogP contribution in [0.15, 0.2) is 29.2 Å². The lowest BCUT2D eigenvalue weighted by atomic mass is 9.45. The van der Waals surface area contributed by atoms with E-state index in [9.17, 15) is 18.0 Å². The minimum Gasteiger partial charge on any atom is -0.359 e. The fraction of sp³-hybridized carbons (Fsp3) is 0.652. The Morgan fingerprint density at radius 1 is 1.13 bits per heavy atom. The van der Waals surface area contributed by atoms with Crippen LogP contribution in [0.3, 0.4) is 0 Å². The molecule has 4 saturated carbocycles. The summed E-state index contributed by atoms with van der Waals surface area (Å²) in [6, 6.07) is 6.21. The van der Waals surface area contributed by atoms with Crippen LogP contribution in [-0.4, -0.2) is 32.7 Å². The number of Topliss-reactive ketones (excluding diaryl/α,β-unsaturated/α-hetero) is 1. The predicted molar refractivity (Wildman–Crippen MR) is 119 cm³/mol. The van der Waals surface area contributed by atoms with Crippen LogP contribution < -0.4 is 10.0 Å². The Kier molecular flexibility index (Phi) is 5.76. The molecular weight excluding hydrogens is 436 g/mol. The van der Waals surface area contributed by atoms with Crippen molar-refractivity contribution in [1.29, 1.82) is 0 Å². The van der Waals surface area contributed by atoms with Crippen LogP contribution in [-0.2, 0) is 19.6 Å². The molecule has 5 rings (SSSR count). The SMILES string of the molecule is CNC(=O)C12CC3CC(C1)C(CC(=O)C(C)(C)NS(=O)(=O)c1ccccc1Cl)C(C3)C2. The van der Waals surface area contributed by atoms with Crippen LogP contribution in [0.25, 0.3) is 0 Å². The molecular formula is C23H31ClN2O4S. The predicted octanol–water partition coefficient (Wildman–Crippen LogP) is 3.54. The average Bonchev–Trinajstić information content (AvgIpc) is 2.68. The lowest BCUT2D eigenvalue weighted by Gasteiger charge is -2.59. The summed E-state index contributed by atoms with van der Waals surface area (Å²) in [6.07, 6.45) is 5.11. The van der Waals surface area contributed by atoms with E-state index in [1.54, 1.807) is 33.0 Å². The number of sulfonamides is 1. The van der Waals surface area contributed by atoms with E-state index in [-0.39, 0.29) is 32.9 Å². The molecule has 4 bridgehead atoms. The first-order valence-corrected chi connectivity index (χ1v) is 12.9. The molecule has 6 nitrogen and oxygen atoms in total. The number of amides is 1. The van der Waals surface area contributed by atoms with Gasteiger partial charge in [0.15, 0.2) is 5.78 Å². The largest absolute Gasteiger partial charge is 0.359 e. The molecule has 0 aliphatic heterocycles. The smallest absolute Gasteiger partial charge is 0.242 e. The highest BCUT2D eigenvalue weighted by molar-refractivity contribution is 7.89. The molecule has 4 aliphatic rings. The maximum atomic E-state index is 13.3. The van der Waals surface area contributed by atoms with E-state index in [1.807, 2.05) is 0 Å². The molecule has 0 spiro atoms. The van der Waals surface area contributed by atoms with Crippen molar-refractivity contribution < 1.29 is 18.0 Å². The Labute approximate surface area is 189 Å². The summed E-state index contributed by atoms with van der Waals surface area (Å²) in [5.41, 5.74) is -1.52. The second-order valence-electron chi connectivity index (χ2n) is 10.3. The monoisotopic (exact) mass is 466 g/mol. The number of ketones is 1. The standard InChI is InChI=1S/C23H31ClN2O4S/c1-22(2,26-31(29,30)19-7-5-4-6-18(19)24)20(27)10-17-15-8-14-9-16(17)13-23(11-14,12-15)21(28)25-3/h4-7,14-17,26H,8-13H2,1-3H3,(H,25,28). The summed E-state index contributed by atoms with van der Waals surface area (Å²) < 4.78 is 28.3. The molecule has 2 unspecified atom stereocenters. The molecule has 0 radical (unpaired) electrons. The molecule has 0 aromatic heterocycles. The molecule has 1 aromatic carbocycles. The Balaban J connectivity index is 1.48. The van der Waals surface area contributed by atoms with Gasteiger partial charge in [-0.1, -0.05) is 23.7 Å². The van der Waals surface area contributed by atoms with Gasteiger partial charge in [0.2, 0.25) is 15.9 Å². The van der Waals surface area contributed by atoms with Gasteiger partial charge >= 0.3 is 0 Å². The molecule has 2 atom stereocenters. The minimum atomic E-state index is -3.93. The second-order valence-corrected chi connectivity index (χ2v) is 12.3. The van der Waals surface area contributed by atoms with E-state index in [1.165, 1.54) is 12.1 Å². The topological polar surface area (TPSA) is 92.3 Å². The summed E-state index contributed by atoms with van der Waals surface area (Å²) in [5, 5.41) is 2.98. The first-order chi connectivity index (χ1) is 14.5. The molecule has 4 fully saturated rings. The van der Waals surface area contributed by atoms with Crippen molar-refractivity contribution in [3.05, 3.63) is 29.3 Å². The Morgan fingerprint density at radius 3 is 2.32 bits per heavy atom. The molecule has 31 heavy (non-hydrogen) atoms. The number of hydrogen-bond donors (Lipinski definition) is 2. The van der Waals surface area contributed by atoms with Crippen molar-refractivity contribution in [1.82, 2.24) is 10.0 Å². The average molecular weight is 467 g/mol. The van der Waals surface area contributed by atoms with Gasteiger partial charge in [-0.2, -0.15) is 4.72 Å². The number of nitrogens with one attached hydrogen (secondary N) is 2. The third-order valence-corrected chi connectivity index (χ3v) is 9.97. The quantitative estimate of drug-likeness (QED) is 0.642. The number of rotatable bonds is 7. The minimum absolute atomic E-state index is 0.0281. The maximum absolute atomic E-state index is 13.3. The van der Waals surface area contributed by atoms with E-state index >= 15 is 0 Å². The van der Waals surface area contributed by atoms with Gasteiger partial charge in [-0.05, 0) is 81.8 Å². The zero-order valence-electron chi connectivity index (χ0n) is 18.3. The highest BCUT2D eigenvalue weighted by atomic mass is 35.5. The van der Waals surface area contributed by atoms with Crippen molar-refractivity contribution >= 4 is 33.3 Å². The van der Waals surface area contributed by atoms with Crippen molar-refractivity contribution in [3.8, 4) is 0 Å². The first kappa shape index (κ1) is 22.7. The Hall–Kier alpha value is -1.44. The van der Waals surface area contributed by atoms with E-state index in [0.29, 0.717) is 24.2 Å². The second kappa shape index (κ2) is 7.85. The van der Waals surface area contributed by atoms with Gasteiger partial charge in [0.25, 0.3) is 0 Å². The van der Waals surface area contributed by atoms with Gasteiger partial charge < -0.3 is 5.32 Å². The summed E-state index contributed by atoms with van der Waals surface area (Å²) in [7, 11) is -2.23. The van der Waals surface area contributed by atoms with Crippen molar-refractivity contribution in [3.63, 3.8) is 0 Å².